The third kappa shape index (κ3) is 4.93. The summed E-state index contributed by atoms with van der Waals surface area (Å²) < 4.78 is 12.4. The lowest BCUT2D eigenvalue weighted by Crippen LogP contribution is -2.43. The first-order valence-electron chi connectivity index (χ1n) is 11.9. The molecule has 3 heterocycles. The predicted octanol–water partition coefficient (Wildman–Crippen LogP) is 2.15. The number of methoxy groups -OCH3 is 2. The molecule has 6 N–H and O–H groups in total. The molecule has 0 radical (unpaired) electrons. The van der Waals surface area contributed by atoms with Crippen molar-refractivity contribution in [3.05, 3.63) is 42.2 Å². The summed E-state index contributed by atoms with van der Waals surface area (Å²) in [5.74, 6) is 0.662. The molecule has 3 aromatic heterocycles. The normalized spacial score (nSPS) is 17.4. The molecule has 1 fully saturated rings. The lowest BCUT2D eigenvalue weighted by molar-refractivity contribution is 0.0995. The van der Waals surface area contributed by atoms with Crippen LogP contribution in [0.4, 0.5) is 17.5 Å². The number of carbonyl (C=O) groups is 1. The number of anilines is 3. The molecule has 0 spiro atoms. The largest absolute Gasteiger partial charge is 0.481 e. The Kier molecular flexibility index (Phi) is 6.68. The molecule has 1 amide bonds. The highest BCUT2D eigenvalue weighted by Gasteiger charge is 2.24. The monoisotopic (exact) mass is 504 g/mol. The zero-order valence-electron chi connectivity index (χ0n) is 20.5. The fraction of sp³-hybridized carbons (Fsp3) is 0.333. The number of amides is 1. The third-order valence-electron chi connectivity index (χ3n) is 6.35. The van der Waals surface area contributed by atoms with Crippen molar-refractivity contribution in [3.8, 4) is 17.7 Å². The molecule has 0 unspecified atom stereocenters. The first-order valence-corrected chi connectivity index (χ1v) is 11.9. The summed E-state index contributed by atoms with van der Waals surface area (Å²) in [5, 5.41) is 15.4. The van der Waals surface area contributed by atoms with Crippen molar-refractivity contribution in [1.82, 2.24) is 29.7 Å². The highest BCUT2D eigenvalue weighted by Crippen LogP contribution is 2.30. The Morgan fingerprint density at radius 2 is 1.92 bits per heavy atom. The molecule has 1 aliphatic rings. The van der Waals surface area contributed by atoms with Gasteiger partial charge in [0.1, 0.15) is 5.82 Å². The fourth-order valence-corrected chi connectivity index (χ4v) is 4.46. The van der Waals surface area contributed by atoms with Gasteiger partial charge in [0.2, 0.25) is 11.8 Å². The van der Waals surface area contributed by atoms with E-state index >= 15 is 0 Å². The Balaban J connectivity index is 1.50. The summed E-state index contributed by atoms with van der Waals surface area (Å²) in [5.41, 5.74) is 13.3. The summed E-state index contributed by atoms with van der Waals surface area (Å²) in [6.45, 7) is 0. The van der Waals surface area contributed by atoms with Gasteiger partial charge in [0.05, 0.1) is 19.7 Å². The van der Waals surface area contributed by atoms with E-state index in [1.54, 1.807) is 6.07 Å². The number of ether oxygens (including phenoxy) is 2. The number of rotatable bonds is 8. The Bertz CT molecular complexity index is 1420. The summed E-state index contributed by atoms with van der Waals surface area (Å²) in [6.07, 6.45) is 5.88. The molecule has 1 aromatic carbocycles. The highest BCUT2D eigenvalue weighted by atomic mass is 16.5. The minimum atomic E-state index is -0.742. The molecular weight excluding hydrogens is 476 g/mol. The number of benzene rings is 1. The van der Waals surface area contributed by atoms with Crippen molar-refractivity contribution < 1.29 is 14.3 Å². The summed E-state index contributed by atoms with van der Waals surface area (Å²) >= 11 is 0. The van der Waals surface area contributed by atoms with Crippen molar-refractivity contribution in [2.45, 2.75) is 37.8 Å². The molecule has 5 rings (SSSR count). The Morgan fingerprint density at radius 1 is 1.08 bits per heavy atom. The second-order valence-electron chi connectivity index (χ2n) is 8.70. The number of nitrogens with one attached hydrogen (secondary N) is 2. The maximum Gasteiger partial charge on any atom is 0.321 e. The number of hydrogen-bond acceptors (Lipinski definition) is 11. The number of carbonyl (C=O) groups excluding carboxylic acids is 1. The fourth-order valence-electron chi connectivity index (χ4n) is 4.46. The van der Waals surface area contributed by atoms with Gasteiger partial charge in [-0.05, 0) is 31.0 Å². The predicted molar refractivity (Wildman–Crippen MR) is 137 cm³/mol. The molecule has 0 saturated heterocycles. The van der Waals surface area contributed by atoms with Gasteiger partial charge in [-0.3, -0.25) is 4.79 Å². The van der Waals surface area contributed by atoms with Gasteiger partial charge in [-0.1, -0.05) is 18.9 Å². The van der Waals surface area contributed by atoms with Crippen molar-refractivity contribution in [3.63, 3.8) is 0 Å². The molecule has 1 aliphatic carbocycles. The second kappa shape index (κ2) is 10.2. The maximum atomic E-state index is 12.1. The molecule has 0 bridgehead atoms. The van der Waals surface area contributed by atoms with Gasteiger partial charge in [-0.25, -0.2) is 0 Å². The molecule has 4 aromatic rings. The molecule has 192 valence electrons. The topological polar surface area (TPSA) is 181 Å². The average molecular weight is 505 g/mol. The number of fused-ring (bicyclic) bond motifs is 1. The van der Waals surface area contributed by atoms with E-state index in [0.29, 0.717) is 17.4 Å². The Morgan fingerprint density at radius 3 is 2.68 bits per heavy atom. The maximum absolute atomic E-state index is 12.1. The molecule has 13 nitrogen and oxygen atoms in total. The van der Waals surface area contributed by atoms with E-state index in [4.69, 9.17) is 20.9 Å². The lowest BCUT2D eigenvalue weighted by atomic mass is 9.91. The van der Waals surface area contributed by atoms with E-state index < -0.39 is 5.91 Å². The van der Waals surface area contributed by atoms with Crippen LogP contribution in [0.3, 0.4) is 0 Å². The van der Waals surface area contributed by atoms with Crippen LogP contribution < -0.4 is 31.6 Å². The minimum Gasteiger partial charge on any atom is -0.481 e. The number of nitrogens with zero attached hydrogens (tertiary/aromatic N) is 6. The van der Waals surface area contributed by atoms with Crippen LogP contribution >= 0.6 is 0 Å². The van der Waals surface area contributed by atoms with Crippen LogP contribution in [0.2, 0.25) is 0 Å². The Labute approximate surface area is 212 Å². The highest BCUT2D eigenvalue weighted by molar-refractivity contribution is 5.99. The van der Waals surface area contributed by atoms with Gasteiger partial charge in [-0.2, -0.15) is 15.0 Å². The van der Waals surface area contributed by atoms with Crippen LogP contribution in [-0.2, 0) is 0 Å². The molecule has 0 aliphatic heterocycles. The van der Waals surface area contributed by atoms with Crippen LogP contribution in [0.15, 0.2) is 36.5 Å². The second-order valence-corrected chi connectivity index (χ2v) is 8.70. The van der Waals surface area contributed by atoms with Gasteiger partial charge in [0.15, 0.2) is 11.5 Å². The molecule has 1 saturated carbocycles. The summed E-state index contributed by atoms with van der Waals surface area (Å²) in [4.78, 5) is 25.2. The Hall–Kier alpha value is -4.52. The van der Waals surface area contributed by atoms with Crippen LogP contribution in [0, 0.1) is 0 Å². The summed E-state index contributed by atoms with van der Waals surface area (Å²) in [7, 11) is 3.02. The zero-order chi connectivity index (χ0) is 25.9. The minimum absolute atomic E-state index is 0.00265. The SMILES string of the molecule is COc1cc(-n2ccc3c(Nc4nc(N[C@@H]5CCCC[C@@H]5N)nnc4C(N)=O)cccc32)nc(OC)n1. The van der Waals surface area contributed by atoms with E-state index in [1.165, 1.54) is 14.2 Å². The average Bonchev–Trinajstić information content (AvgIpc) is 3.35. The van der Waals surface area contributed by atoms with Gasteiger partial charge < -0.3 is 36.1 Å². The first kappa shape index (κ1) is 24.2. The van der Waals surface area contributed by atoms with E-state index in [2.05, 4.69) is 35.8 Å². The molecule has 2 atom stereocenters. The van der Waals surface area contributed by atoms with Crippen molar-refractivity contribution in [2.75, 3.05) is 24.9 Å². The number of aromatic nitrogens is 6. The molecular formula is C24H28N10O3. The van der Waals surface area contributed by atoms with Gasteiger partial charge in [-0.15, -0.1) is 10.2 Å². The number of hydrogen-bond donors (Lipinski definition) is 4. The zero-order valence-corrected chi connectivity index (χ0v) is 20.5. The molecule has 13 heteroatoms. The van der Waals surface area contributed by atoms with Crippen molar-refractivity contribution >= 4 is 34.3 Å². The van der Waals surface area contributed by atoms with Crippen LogP contribution in [0.1, 0.15) is 36.2 Å². The van der Waals surface area contributed by atoms with E-state index in [-0.39, 0.29) is 35.6 Å². The van der Waals surface area contributed by atoms with Gasteiger partial charge in [0, 0.05) is 35.4 Å². The lowest BCUT2D eigenvalue weighted by Gasteiger charge is -2.29. The summed E-state index contributed by atoms with van der Waals surface area (Å²) in [6, 6.07) is 9.50. The van der Waals surface area contributed by atoms with E-state index in [1.807, 2.05) is 35.0 Å². The van der Waals surface area contributed by atoms with Crippen LogP contribution in [-0.4, -0.2) is 61.9 Å². The smallest absolute Gasteiger partial charge is 0.321 e. The van der Waals surface area contributed by atoms with Gasteiger partial charge in [0.25, 0.3) is 5.91 Å². The third-order valence-corrected chi connectivity index (χ3v) is 6.35. The molecule has 37 heavy (non-hydrogen) atoms. The first-order chi connectivity index (χ1) is 18.0. The van der Waals surface area contributed by atoms with Crippen molar-refractivity contribution in [2.24, 2.45) is 11.5 Å². The van der Waals surface area contributed by atoms with E-state index in [0.717, 1.165) is 36.6 Å². The van der Waals surface area contributed by atoms with Gasteiger partial charge >= 0.3 is 6.01 Å². The quantitative estimate of drug-likeness (QED) is 0.276. The number of primary amides is 1. The van der Waals surface area contributed by atoms with Crippen LogP contribution in [0.5, 0.6) is 11.9 Å². The van der Waals surface area contributed by atoms with Crippen LogP contribution in [0.25, 0.3) is 16.7 Å². The van der Waals surface area contributed by atoms with Crippen molar-refractivity contribution in [1.29, 1.82) is 0 Å². The standard InChI is InChI=1S/C24H28N10O3/c1-36-19-12-18(29-24(30-19)37-2)34-11-10-13-15(8-5-9-17(13)34)27-22-20(21(26)35)32-33-23(31-22)28-16-7-4-3-6-14(16)25/h5,8-12,14,16H,3-4,6-7,25H2,1-2H3,(H2,26,35)(H2,27,28,31,33)/t14-,16+/m0/s1. The van der Waals surface area contributed by atoms with E-state index in [9.17, 15) is 4.79 Å². The number of nitrogens with two attached hydrogens (primary N) is 2.